The summed E-state index contributed by atoms with van der Waals surface area (Å²) >= 11 is 0. The molecule has 0 saturated carbocycles. The molecule has 4 N–H and O–H groups in total. The Labute approximate surface area is 137 Å². The number of carbonyl (C=O) groups excluding carboxylic acids is 1. The SMILES string of the molecule is COC(=O)[C@@H](N)Cc1ccc(O)c(O)c1.O=S(=O)([O-])[O-].[Mg+2]. The zero-order valence-corrected chi connectivity index (χ0v) is 13.3. The number of hydrogen-bond donors (Lipinski definition) is 3. The molecule has 1 aromatic carbocycles. The van der Waals surface area contributed by atoms with E-state index >= 15 is 0 Å². The Hall–Kier alpha value is -1.11. The molecule has 0 unspecified atom stereocenters. The minimum Gasteiger partial charge on any atom is -0.759 e. The van der Waals surface area contributed by atoms with Crippen LogP contribution >= 0.6 is 0 Å². The van der Waals surface area contributed by atoms with E-state index in [2.05, 4.69) is 4.74 Å². The number of benzene rings is 1. The van der Waals surface area contributed by atoms with Crippen molar-refractivity contribution < 1.29 is 37.3 Å². The fraction of sp³-hybridized carbons (Fsp3) is 0.300. The fourth-order valence-corrected chi connectivity index (χ4v) is 1.18. The Balaban J connectivity index is 0. The molecular formula is C10H13MgNO8S. The first-order valence-corrected chi connectivity index (χ1v) is 6.39. The van der Waals surface area contributed by atoms with Crippen molar-refractivity contribution in [3.8, 4) is 11.5 Å². The van der Waals surface area contributed by atoms with E-state index in [0.29, 0.717) is 5.56 Å². The molecule has 21 heavy (non-hydrogen) atoms. The first kappa shape index (κ1) is 22.2. The maximum Gasteiger partial charge on any atom is 2.00 e. The number of esters is 1. The number of aromatic hydroxyl groups is 2. The number of phenolic OH excluding ortho intramolecular Hbond substituents is 2. The van der Waals surface area contributed by atoms with Crippen LogP contribution in [0, 0.1) is 0 Å². The molecule has 0 aliphatic rings. The van der Waals surface area contributed by atoms with Crippen LogP contribution in [0.15, 0.2) is 18.2 Å². The Morgan fingerprint density at radius 1 is 1.33 bits per heavy atom. The molecule has 0 radical (unpaired) electrons. The van der Waals surface area contributed by atoms with Crippen LogP contribution in [0.3, 0.4) is 0 Å². The number of ether oxygens (including phenoxy) is 1. The summed E-state index contributed by atoms with van der Waals surface area (Å²) < 4.78 is 38.5. The van der Waals surface area contributed by atoms with Crippen LogP contribution in [0.4, 0.5) is 0 Å². The fourth-order valence-electron chi connectivity index (χ4n) is 1.18. The van der Waals surface area contributed by atoms with Crippen molar-refractivity contribution in [3.05, 3.63) is 23.8 Å². The molecule has 0 amide bonds. The van der Waals surface area contributed by atoms with Crippen LogP contribution in [0.1, 0.15) is 5.56 Å². The molecule has 0 aliphatic heterocycles. The van der Waals surface area contributed by atoms with Crippen molar-refractivity contribution in [1.29, 1.82) is 0 Å². The van der Waals surface area contributed by atoms with Crippen molar-refractivity contribution in [2.45, 2.75) is 12.5 Å². The zero-order valence-electron chi connectivity index (χ0n) is 11.1. The van der Waals surface area contributed by atoms with Crippen molar-refractivity contribution in [2.24, 2.45) is 5.73 Å². The summed E-state index contributed by atoms with van der Waals surface area (Å²) in [4.78, 5) is 11.0. The van der Waals surface area contributed by atoms with Gasteiger partial charge in [-0.3, -0.25) is 13.2 Å². The average molecular weight is 332 g/mol. The summed E-state index contributed by atoms with van der Waals surface area (Å²) in [5.41, 5.74) is 6.18. The summed E-state index contributed by atoms with van der Waals surface area (Å²) in [6.45, 7) is 0. The second kappa shape index (κ2) is 9.76. The van der Waals surface area contributed by atoms with Crippen LogP contribution < -0.4 is 5.73 Å². The molecule has 0 fully saturated rings. The van der Waals surface area contributed by atoms with E-state index in [1.165, 1.54) is 19.2 Å². The van der Waals surface area contributed by atoms with Crippen molar-refractivity contribution in [3.63, 3.8) is 0 Å². The average Bonchev–Trinajstić information content (AvgIpc) is 2.30. The van der Waals surface area contributed by atoms with Gasteiger partial charge >= 0.3 is 29.0 Å². The molecule has 0 bridgehead atoms. The smallest absolute Gasteiger partial charge is 0.759 e. The van der Waals surface area contributed by atoms with Gasteiger partial charge in [0.2, 0.25) is 0 Å². The van der Waals surface area contributed by atoms with E-state index in [0.717, 1.165) is 0 Å². The van der Waals surface area contributed by atoms with Gasteiger partial charge in [0.1, 0.15) is 6.04 Å². The van der Waals surface area contributed by atoms with Crippen molar-refractivity contribution in [2.75, 3.05) is 7.11 Å². The van der Waals surface area contributed by atoms with Crippen molar-refractivity contribution >= 4 is 39.4 Å². The molecule has 114 valence electrons. The van der Waals surface area contributed by atoms with Gasteiger partial charge in [0.15, 0.2) is 11.5 Å². The van der Waals surface area contributed by atoms with Crippen LogP contribution in [0.25, 0.3) is 0 Å². The second-order valence-corrected chi connectivity index (χ2v) is 4.38. The van der Waals surface area contributed by atoms with E-state index < -0.39 is 22.4 Å². The maximum absolute atomic E-state index is 11.0. The van der Waals surface area contributed by atoms with E-state index in [-0.39, 0.29) is 41.0 Å². The van der Waals surface area contributed by atoms with Crippen molar-refractivity contribution in [1.82, 2.24) is 0 Å². The molecule has 0 saturated heterocycles. The minimum atomic E-state index is -5.17. The third kappa shape index (κ3) is 11.2. The number of carbonyl (C=O) groups is 1. The quantitative estimate of drug-likeness (QED) is 0.194. The maximum atomic E-state index is 11.0. The Morgan fingerprint density at radius 3 is 2.19 bits per heavy atom. The number of phenols is 2. The molecule has 1 rings (SSSR count). The molecule has 0 spiro atoms. The van der Waals surface area contributed by atoms with Gasteiger partial charge in [0, 0.05) is 10.4 Å². The Bertz CT molecular complexity index is 554. The predicted octanol–water partition coefficient (Wildman–Crippen LogP) is -1.58. The largest absolute Gasteiger partial charge is 2.00 e. The second-order valence-electron chi connectivity index (χ2n) is 3.57. The Morgan fingerprint density at radius 2 is 1.81 bits per heavy atom. The van der Waals surface area contributed by atoms with Gasteiger partial charge in [-0.1, -0.05) is 6.07 Å². The van der Waals surface area contributed by atoms with Crippen LogP contribution in [-0.4, -0.2) is 69.9 Å². The third-order valence-electron chi connectivity index (χ3n) is 2.00. The van der Waals surface area contributed by atoms with Crippen LogP contribution in [-0.2, 0) is 26.4 Å². The topological polar surface area (TPSA) is 173 Å². The molecule has 0 aliphatic carbocycles. The summed E-state index contributed by atoms with van der Waals surface area (Å²) in [5.74, 6) is -0.947. The van der Waals surface area contributed by atoms with E-state index in [9.17, 15) is 9.90 Å². The number of hydrogen-bond acceptors (Lipinski definition) is 9. The predicted molar refractivity (Wildman–Crippen MR) is 69.7 cm³/mol. The normalized spacial score (nSPS) is 11.4. The summed E-state index contributed by atoms with van der Waals surface area (Å²) in [6.07, 6.45) is 0.251. The van der Waals surface area contributed by atoms with Gasteiger partial charge in [-0.2, -0.15) is 0 Å². The molecular weight excluding hydrogens is 318 g/mol. The van der Waals surface area contributed by atoms with Gasteiger partial charge in [-0.05, 0) is 24.1 Å². The third-order valence-corrected chi connectivity index (χ3v) is 2.00. The van der Waals surface area contributed by atoms with Gasteiger partial charge in [-0.25, -0.2) is 0 Å². The van der Waals surface area contributed by atoms with E-state index in [1.807, 2.05) is 0 Å². The number of methoxy groups -OCH3 is 1. The molecule has 1 atom stereocenters. The standard InChI is InChI=1S/C10H13NO4.Mg.H2O4S/c1-15-10(14)7(11)4-6-2-3-8(12)9(13)5-6;;1-5(2,3)4/h2-3,5,7,12-13H,4,11H2,1H3;;(H2,1,2,3,4)/q;+2;/p-2/t7-;;/m0../s1. The monoisotopic (exact) mass is 331 g/mol. The van der Waals surface area contributed by atoms with Crippen LogP contribution in [0.5, 0.6) is 11.5 Å². The summed E-state index contributed by atoms with van der Waals surface area (Å²) in [7, 11) is -3.91. The molecule has 0 heterocycles. The Kier molecular flexibility index (Phi) is 10.3. The van der Waals surface area contributed by atoms with Gasteiger partial charge in [-0.15, -0.1) is 0 Å². The molecule has 11 heteroatoms. The van der Waals surface area contributed by atoms with Gasteiger partial charge in [0.25, 0.3) is 0 Å². The molecule has 0 aromatic heterocycles. The summed E-state index contributed by atoms with van der Waals surface area (Å²) in [6, 6.07) is 3.52. The summed E-state index contributed by atoms with van der Waals surface area (Å²) in [5, 5.41) is 18.3. The minimum absolute atomic E-state index is 0. The zero-order chi connectivity index (χ0) is 15.9. The van der Waals surface area contributed by atoms with Gasteiger partial charge in [0.05, 0.1) is 7.11 Å². The number of nitrogens with two attached hydrogens (primary N) is 1. The first-order valence-electron chi connectivity index (χ1n) is 5.05. The van der Waals surface area contributed by atoms with E-state index in [1.54, 1.807) is 6.07 Å². The number of rotatable bonds is 3. The molecule has 9 nitrogen and oxygen atoms in total. The van der Waals surface area contributed by atoms with Gasteiger partial charge < -0.3 is 29.8 Å². The van der Waals surface area contributed by atoms with Crippen LogP contribution in [0.2, 0.25) is 0 Å². The van der Waals surface area contributed by atoms with E-state index in [4.69, 9.17) is 28.4 Å². The molecule has 1 aromatic rings. The first-order chi connectivity index (χ1) is 9.04.